The van der Waals surface area contributed by atoms with E-state index in [2.05, 4.69) is 75.3 Å². The number of amides is 2. The molecule has 0 bridgehead atoms. The first-order chi connectivity index (χ1) is 16.1. The molecule has 6 heteroatoms. The Balaban J connectivity index is 1.71. The van der Waals surface area contributed by atoms with E-state index >= 15 is 0 Å². The maximum absolute atomic E-state index is 13.2. The van der Waals surface area contributed by atoms with E-state index in [1.807, 2.05) is 31.7 Å². The SMILES string of the molecule is CC(C)(C)C(=O)NC1=CC(C(=O)N2CCN(c3cc(C(C)(C)C)cc(C(C)(C)C)c3)CC2)=CCN1. The number of nitrogens with one attached hydrogen (secondary N) is 2. The summed E-state index contributed by atoms with van der Waals surface area (Å²) in [5, 5.41) is 6.05. The van der Waals surface area contributed by atoms with Crippen LogP contribution in [0.25, 0.3) is 0 Å². The van der Waals surface area contributed by atoms with Gasteiger partial charge in [-0.05, 0) is 40.2 Å². The highest BCUT2D eigenvalue weighted by Crippen LogP contribution is 2.33. The predicted molar refractivity (Wildman–Crippen MR) is 144 cm³/mol. The Bertz CT molecular complexity index is 992. The first-order valence-corrected chi connectivity index (χ1v) is 12.7. The molecular weight excluding hydrogens is 436 g/mol. The summed E-state index contributed by atoms with van der Waals surface area (Å²) in [6, 6.07) is 6.97. The second-order valence-electron chi connectivity index (χ2n) is 12.9. The van der Waals surface area contributed by atoms with Gasteiger partial charge in [-0.2, -0.15) is 0 Å². The van der Waals surface area contributed by atoms with Crippen LogP contribution in [0.5, 0.6) is 0 Å². The van der Waals surface area contributed by atoms with E-state index in [0.29, 0.717) is 31.0 Å². The van der Waals surface area contributed by atoms with E-state index in [0.717, 1.165) is 13.1 Å². The van der Waals surface area contributed by atoms with E-state index in [1.165, 1.54) is 16.8 Å². The number of carbonyl (C=O) groups excluding carboxylic acids is 2. The minimum Gasteiger partial charge on any atom is -0.368 e. The molecule has 1 fully saturated rings. The highest BCUT2D eigenvalue weighted by molar-refractivity contribution is 5.97. The normalized spacial score (nSPS) is 17.4. The molecule has 0 radical (unpaired) electrons. The van der Waals surface area contributed by atoms with E-state index in [1.54, 1.807) is 6.08 Å². The first kappa shape index (κ1) is 26.8. The van der Waals surface area contributed by atoms with Gasteiger partial charge in [0.05, 0.1) is 0 Å². The molecule has 0 spiro atoms. The zero-order valence-corrected chi connectivity index (χ0v) is 23.1. The maximum Gasteiger partial charge on any atom is 0.253 e. The molecule has 2 aliphatic rings. The van der Waals surface area contributed by atoms with Gasteiger partial charge in [-0.3, -0.25) is 9.59 Å². The summed E-state index contributed by atoms with van der Waals surface area (Å²) < 4.78 is 0. The molecule has 3 rings (SSSR count). The molecule has 0 atom stereocenters. The predicted octanol–water partition coefficient (Wildman–Crippen LogP) is 4.46. The van der Waals surface area contributed by atoms with Crippen molar-refractivity contribution >= 4 is 17.5 Å². The Morgan fingerprint density at radius 1 is 0.829 bits per heavy atom. The first-order valence-electron chi connectivity index (χ1n) is 12.7. The fourth-order valence-electron chi connectivity index (χ4n) is 4.09. The van der Waals surface area contributed by atoms with E-state index in [9.17, 15) is 9.59 Å². The Hall–Kier alpha value is -2.76. The summed E-state index contributed by atoms with van der Waals surface area (Å²) in [5.41, 5.74) is 4.19. The molecule has 35 heavy (non-hydrogen) atoms. The molecule has 0 aromatic heterocycles. The molecule has 0 saturated carbocycles. The summed E-state index contributed by atoms with van der Waals surface area (Å²) in [6.45, 7) is 22.6. The lowest BCUT2D eigenvalue weighted by atomic mass is 9.80. The summed E-state index contributed by atoms with van der Waals surface area (Å²) in [4.78, 5) is 29.9. The van der Waals surface area contributed by atoms with Gasteiger partial charge in [-0.25, -0.2) is 0 Å². The third-order valence-corrected chi connectivity index (χ3v) is 6.67. The largest absolute Gasteiger partial charge is 0.368 e. The lowest BCUT2D eigenvalue weighted by Gasteiger charge is -2.38. The monoisotopic (exact) mass is 480 g/mol. The topological polar surface area (TPSA) is 64.7 Å². The quantitative estimate of drug-likeness (QED) is 0.670. The van der Waals surface area contributed by atoms with Crippen LogP contribution in [0.3, 0.4) is 0 Å². The summed E-state index contributed by atoms with van der Waals surface area (Å²) in [7, 11) is 0. The van der Waals surface area contributed by atoms with Crippen LogP contribution in [-0.2, 0) is 20.4 Å². The molecule has 1 aromatic rings. The highest BCUT2D eigenvalue weighted by atomic mass is 16.2. The van der Waals surface area contributed by atoms with E-state index in [-0.39, 0.29) is 22.6 Å². The number of rotatable bonds is 3. The molecule has 6 nitrogen and oxygen atoms in total. The van der Waals surface area contributed by atoms with Crippen molar-refractivity contribution in [2.75, 3.05) is 37.6 Å². The van der Waals surface area contributed by atoms with Gasteiger partial charge < -0.3 is 20.4 Å². The molecule has 2 amide bonds. The molecule has 192 valence electrons. The minimum atomic E-state index is -0.499. The number of hydrogen-bond acceptors (Lipinski definition) is 4. The second kappa shape index (κ2) is 9.71. The maximum atomic E-state index is 13.2. The van der Waals surface area contributed by atoms with Crippen molar-refractivity contribution in [2.24, 2.45) is 5.41 Å². The van der Waals surface area contributed by atoms with Gasteiger partial charge in [0, 0.05) is 49.4 Å². The molecule has 1 saturated heterocycles. The highest BCUT2D eigenvalue weighted by Gasteiger charge is 2.28. The van der Waals surface area contributed by atoms with Crippen LogP contribution in [0.1, 0.15) is 73.4 Å². The van der Waals surface area contributed by atoms with Crippen molar-refractivity contribution in [3.05, 3.63) is 52.9 Å². The number of carbonyl (C=O) groups is 2. The van der Waals surface area contributed by atoms with E-state index < -0.39 is 5.41 Å². The standard InChI is InChI=1S/C29H44N4O2/c1-27(2,3)21-17-22(28(4,5)6)19-23(18-21)32-12-14-33(15-13-32)25(34)20-10-11-30-24(16-20)31-26(35)29(7,8)9/h10,16-19,30H,11-15H2,1-9H3,(H,31,35). The Morgan fingerprint density at radius 3 is 1.86 bits per heavy atom. The molecule has 0 aliphatic carbocycles. The molecule has 0 unspecified atom stereocenters. The molecule has 2 aliphatic heterocycles. The Labute approximate surface area is 211 Å². The van der Waals surface area contributed by atoms with Crippen LogP contribution >= 0.6 is 0 Å². The number of anilines is 1. The summed E-state index contributed by atoms with van der Waals surface area (Å²) in [6.07, 6.45) is 3.65. The van der Waals surface area contributed by atoms with Gasteiger partial charge >= 0.3 is 0 Å². The summed E-state index contributed by atoms with van der Waals surface area (Å²) in [5.74, 6) is 0.529. The van der Waals surface area contributed by atoms with Gasteiger partial charge in [0.15, 0.2) is 0 Å². The van der Waals surface area contributed by atoms with Gasteiger partial charge in [-0.1, -0.05) is 74.5 Å². The average molecular weight is 481 g/mol. The fourth-order valence-corrected chi connectivity index (χ4v) is 4.09. The lowest BCUT2D eigenvalue weighted by Crippen LogP contribution is -2.49. The second-order valence-corrected chi connectivity index (χ2v) is 12.9. The van der Waals surface area contributed by atoms with Gasteiger partial charge in [0.2, 0.25) is 5.91 Å². The van der Waals surface area contributed by atoms with Crippen LogP contribution in [-0.4, -0.2) is 49.4 Å². The number of benzene rings is 1. The summed E-state index contributed by atoms with van der Waals surface area (Å²) >= 11 is 0. The lowest BCUT2D eigenvalue weighted by molar-refractivity contribution is -0.128. The third kappa shape index (κ3) is 6.68. The smallest absolute Gasteiger partial charge is 0.253 e. The van der Waals surface area contributed by atoms with Crippen molar-refractivity contribution in [2.45, 2.75) is 73.1 Å². The van der Waals surface area contributed by atoms with Crippen molar-refractivity contribution in [3.8, 4) is 0 Å². The van der Waals surface area contributed by atoms with Crippen molar-refractivity contribution in [3.63, 3.8) is 0 Å². The third-order valence-electron chi connectivity index (χ3n) is 6.67. The number of hydrogen-bond donors (Lipinski definition) is 2. The minimum absolute atomic E-state index is 0.0208. The zero-order valence-electron chi connectivity index (χ0n) is 23.1. The fraction of sp³-hybridized carbons (Fsp3) is 0.586. The molecule has 1 aromatic carbocycles. The van der Waals surface area contributed by atoms with Crippen LogP contribution in [0.4, 0.5) is 5.69 Å². The van der Waals surface area contributed by atoms with Crippen molar-refractivity contribution in [1.82, 2.24) is 15.5 Å². The molecular formula is C29H44N4O2. The molecule has 2 N–H and O–H groups in total. The zero-order chi connectivity index (χ0) is 26.2. The van der Waals surface area contributed by atoms with Crippen LogP contribution < -0.4 is 15.5 Å². The van der Waals surface area contributed by atoms with Crippen molar-refractivity contribution in [1.29, 1.82) is 0 Å². The number of nitrogens with zero attached hydrogens (tertiary/aromatic N) is 2. The van der Waals surface area contributed by atoms with E-state index in [4.69, 9.17) is 0 Å². The van der Waals surface area contributed by atoms with Crippen LogP contribution in [0.15, 0.2) is 41.7 Å². The Morgan fingerprint density at radius 2 is 1.37 bits per heavy atom. The molecule has 2 heterocycles. The van der Waals surface area contributed by atoms with Gasteiger partial charge in [0.1, 0.15) is 5.82 Å². The number of dihydropyridines is 1. The number of piperazine rings is 1. The van der Waals surface area contributed by atoms with Crippen LogP contribution in [0, 0.1) is 5.41 Å². The van der Waals surface area contributed by atoms with Gasteiger partial charge in [-0.15, -0.1) is 0 Å². The average Bonchev–Trinajstić information content (AvgIpc) is 2.77. The van der Waals surface area contributed by atoms with Gasteiger partial charge in [0.25, 0.3) is 5.91 Å². The van der Waals surface area contributed by atoms with Crippen LogP contribution in [0.2, 0.25) is 0 Å². The van der Waals surface area contributed by atoms with Crippen molar-refractivity contribution < 1.29 is 9.59 Å². The Kier molecular flexibility index (Phi) is 7.45.